The molecule has 0 spiro atoms. The van der Waals surface area contributed by atoms with Gasteiger partial charge in [-0.3, -0.25) is 0 Å². The summed E-state index contributed by atoms with van der Waals surface area (Å²) in [6, 6.07) is 12.5. The number of fused-ring (bicyclic) bond motifs is 5. The Morgan fingerprint density at radius 3 is 2.21 bits per heavy atom. The van der Waals surface area contributed by atoms with Gasteiger partial charge < -0.3 is 19.6 Å². The fourth-order valence-corrected chi connectivity index (χ4v) is 6.88. The van der Waals surface area contributed by atoms with Crippen molar-refractivity contribution in [1.29, 1.82) is 0 Å². The minimum Gasteiger partial charge on any atom is -0.399 e. The summed E-state index contributed by atoms with van der Waals surface area (Å²) in [7, 11) is -0.339. The van der Waals surface area contributed by atoms with Crippen molar-refractivity contribution in [3.8, 4) is 22.4 Å². The first kappa shape index (κ1) is 24.5. The van der Waals surface area contributed by atoms with Crippen LogP contribution in [0.1, 0.15) is 88.2 Å². The topological polar surface area (TPSA) is 59.2 Å². The zero-order valence-electron chi connectivity index (χ0n) is 22.4. The molecular formula is C30H34BF2N3O2. The van der Waals surface area contributed by atoms with E-state index in [1.165, 1.54) is 47.0 Å². The molecule has 2 N–H and O–H groups in total. The van der Waals surface area contributed by atoms with Crippen molar-refractivity contribution in [2.45, 2.75) is 88.4 Å². The molecule has 8 heteroatoms. The van der Waals surface area contributed by atoms with Crippen molar-refractivity contribution in [2.75, 3.05) is 6.54 Å². The fourth-order valence-electron chi connectivity index (χ4n) is 6.88. The number of halogens is 2. The molecule has 3 aromatic rings. The van der Waals surface area contributed by atoms with Crippen molar-refractivity contribution in [3.05, 3.63) is 59.5 Å². The van der Waals surface area contributed by atoms with Gasteiger partial charge in [-0.1, -0.05) is 36.4 Å². The van der Waals surface area contributed by atoms with Crippen molar-refractivity contribution in [1.82, 2.24) is 15.3 Å². The van der Waals surface area contributed by atoms with Crippen molar-refractivity contribution in [3.63, 3.8) is 0 Å². The second kappa shape index (κ2) is 8.23. The number of rotatable bonds is 4. The second-order valence-electron chi connectivity index (χ2n) is 12.6. The summed E-state index contributed by atoms with van der Waals surface area (Å²) in [5.41, 5.74) is 7.70. The first-order chi connectivity index (χ1) is 18.0. The minimum absolute atomic E-state index is 0.228. The summed E-state index contributed by atoms with van der Waals surface area (Å²) >= 11 is 0. The number of imidazole rings is 1. The number of aromatic nitrogens is 2. The van der Waals surface area contributed by atoms with Gasteiger partial charge in [0.1, 0.15) is 5.82 Å². The Morgan fingerprint density at radius 2 is 1.55 bits per heavy atom. The zero-order valence-corrected chi connectivity index (χ0v) is 22.4. The van der Waals surface area contributed by atoms with Gasteiger partial charge in [-0.15, -0.1) is 0 Å². The molecule has 0 amide bonds. The first-order valence-corrected chi connectivity index (χ1v) is 13.8. The second-order valence-corrected chi connectivity index (χ2v) is 12.6. The lowest BCUT2D eigenvalue weighted by molar-refractivity contribution is 0.00578. The number of nitrogens with zero attached hydrogens (tertiary/aromatic N) is 1. The summed E-state index contributed by atoms with van der Waals surface area (Å²) in [5, 5.41) is 2.87. The third-order valence-electron chi connectivity index (χ3n) is 9.62. The third-order valence-corrected chi connectivity index (χ3v) is 9.62. The molecule has 0 radical (unpaired) electrons. The molecule has 2 bridgehead atoms. The number of hydrogen-bond acceptors (Lipinski definition) is 4. The molecular weight excluding hydrogens is 483 g/mol. The molecule has 2 aliphatic carbocycles. The van der Waals surface area contributed by atoms with Gasteiger partial charge >= 0.3 is 7.12 Å². The summed E-state index contributed by atoms with van der Waals surface area (Å²) in [6.07, 6.45) is 5.19. The Balaban J connectivity index is 1.19. The molecule has 38 heavy (non-hydrogen) atoms. The van der Waals surface area contributed by atoms with E-state index in [0.717, 1.165) is 11.3 Å². The average Bonchev–Trinajstić information content (AvgIpc) is 3.68. The van der Waals surface area contributed by atoms with Crippen molar-refractivity contribution >= 4 is 12.6 Å². The van der Waals surface area contributed by atoms with E-state index >= 15 is 0 Å². The van der Waals surface area contributed by atoms with Gasteiger partial charge in [0.2, 0.25) is 0 Å². The van der Waals surface area contributed by atoms with E-state index in [4.69, 9.17) is 9.31 Å². The third kappa shape index (κ3) is 3.79. The maximum Gasteiger partial charge on any atom is 0.495 e. The summed E-state index contributed by atoms with van der Waals surface area (Å²) in [6.45, 7) is 8.13. The van der Waals surface area contributed by atoms with Crippen LogP contribution in [0.3, 0.4) is 0 Å². The minimum atomic E-state index is -2.68. The Morgan fingerprint density at radius 1 is 0.895 bits per heavy atom. The largest absolute Gasteiger partial charge is 0.495 e. The van der Waals surface area contributed by atoms with Crippen LogP contribution in [-0.4, -0.2) is 40.8 Å². The number of H-pyrrole nitrogens is 1. The highest BCUT2D eigenvalue weighted by atomic mass is 19.3. The van der Waals surface area contributed by atoms with Crippen LogP contribution in [0, 0.1) is 0 Å². The number of alkyl halides is 2. The van der Waals surface area contributed by atoms with Crippen LogP contribution in [0.5, 0.6) is 0 Å². The normalized spacial score (nSPS) is 28.3. The Bertz CT molecular complexity index is 1380. The predicted molar refractivity (Wildman–Crippen MR) is 145 cm³/mol. The van der Waals surface area contributed by atoms with E-state index in [9.17, 15) is 8.78 Å². The number of hydrogen-bond donors (Lipinski definition) is 2. The van der Waals surface area contributed by atoms with E-state index < -0.39 is 12.0 Å². The monoisotopic (exact) mass is 517 g/mol. The Labute approximate surface area is 222 Å². The maximum absolute atomic E-state index is 13.6. The van der Waals surface area contributed by atoms with Crippen LogP contribution >= 0.6 is 0 Å². The summed E-state index contributed by atoms with van der Waals surface area (Å²) in [5.74, 6) is -0.965. The summed E-state index contributed by atoms with van der Waals surface area (Å²) in [4.78, 5) is 7.64. The molecule has 1 saturated carbocycles. The van der Waals surface area contributed by atoms with Crippen LogP contribution in [-0.2, 0) is 9.31 Å². The van der Waals surface area contributed by atoms with Crippen LogP contribution in [0.15, 0.2) is 42.6 Å². The van der Waals surface area contributed by atoms with Gasteiger partial charge in [0.15, 0.2) is 0 Å². The summed E-state index contributed by atoms with van der Waals surface area (Å²) < 4.78 is 40.2. The fraction of sp³-hybridized carbons (Fsp3) is 0.500. The van der Waals surface area contributed by atoms with E-state index in [-0.39, 0.29) is 31.3 Å². The highest BCUT2D eigenvalue weighted by Gasteiger charge is 2.54. The molecule has 1 aromatic heterocycles. The highest BCUT2D eigenvalue weighted by Crippen LogP contribution is 2.55. The van der Waals surface area contributed by atoms with Gasteiger partial charge in [0, 0.05) is 6.42 Å². The molecule has 3 atom stereocenters. The predicted octanol–water partition coefficient (Wildman–Crippen LogP) is 6.08. The quantitative estimate of drug-likeness (QED) is 0.412. The van der Waals surface area contributed by atoms with E-state index in [2.05, 4.69) is 79.4 Å². The molecule has 7 rings (SSSR count). The average molecular weight is 517 g/mol. The standard InChI is InChI=1S/C30H34BF2N3O2/c1-28(2)29(3,4)38-31(37-28)22-12-11-21(25-19-9-10-20(13-19)26(22)25)17-5-7-18(8-6-17)24-15-34-27(36-24)23-14-30(32,33)16-35-23/h5-8,11-12,15,19-20,23,35H,9-10,13-14,16H2,1-4H3,(H,34,36). The lowest BCUT2D eigenvalue weighted by Gasteiger charge is -2.32. The molecule has 2 aliphatic heterocycles. The van der Waals surface area contributed by atoms with Crippen LogP contribution in [0.4, 0.5) is 8.78 Å². The van der Waals surface area contributed by atoms with Gasteiger partial charge in [-0.2, -0.15) is 0 Å². The molecule has 4 aliphatic rings. The molecule has 3 heterocycles. The SMILES string of the molecule is CC1(C)OB(c2ccc(-c3ccc(-c4cnc(C5CC(F)(F)CN5)[nH]4)cc3)c3c2C2CCC3C2)OC1(C)C. The smallest absolute Gasteiger partial charge is 0.399 e. The molecule has 2 aromatic carbocycles. The van der Waals surface area contributed by atoms with Gasteiger partial charge in [-0.05, 0) is 92.1 Å². The number of benzene rings is 2. The highest BCUT2D eigenvalue weighted by molar-refractivity contribution is 6.62. The maximum atomic E-state index is 13.6. The molecule has 198 valence electrons. The van der Waals surface area contributed by atoms with Crippen molar-refractivity contribution < 1.29 is 18.1 Å². The van der Waals surface area contributed by atoms with Gasteiger partial charge in [-0.25, -0.2) is 13.8 Å². The molecule has 3 fully saturated rings. The van der Waals surface area contributed by atoms with Crippen molar-refractivity contribution in [2.24, 2.45) is 0 Å². The molecule has 5 nitrogen and oxygen atoms in total. The van der Waals surface area contributed by atoms with Crippen LogP contribution in [0.2, 0.25) is 0 Å². The lowest BCUT2D eigenvalue weighted by atomic mass is 9.70. The number of aromatic amines is 1. The molecule has 3 unspecified atom stereocenters. The van der Waals surface area contributed by atoms with E-state index in [1.807, 2.05) is 0 Å². The Hall–Kier alpha value is -2.55. The van der Waals surface area contributed by atoms with E-state index in [1.54, 1.807) is 6.20 Å². The lowest BCUT2D eigenvalue weighted by Crippen LogP contribution is -2.41. The zero-order chi connectivity index (χ0) is 26.4. The van der Waals surface area contributed by atoms with Crippen LogP contribution in [0.25, 0.3) is 22.4 Å². The first-order valence-electron chi connectivity index (χ1n) is 13.8. The Kier molecular flexibility index (Phi) is 5.30. The van der Waals surface area contributed by atoms with E-state index in [0.29, 0.717) is 17.7 Å². The van der Waals surface area contributed by atoms with Gasteiger partial charge in [0.25, 0.3) is 5.92 Å². The number of nitrogens with one attached hydrogen (secondary N) is 2. The van der Waals surface area contributed by atoms with Crippen LogP contribution < -0.4 is 10.8 Å². The molecule has 2 saturated heterocycles. The van der Waals surface area contributed by atoms with Gasteiger partial charge in [0.05, 0.1) is 35.7 Å².